The molecule has 1 aromatic carbocycles. The Labute approximate surface area is 203 Å². The van der Waals surface area contributed by atoms with Crippen molar-refractivity contribution in [3.63, 3.8) is 0 Å². The summed E-state index contributed by atoms with van der Waals surface area (Å²) >= 11 is 1.51. The highest BCUT2D eigenvalue weighted by atomic mass is 32.1. The Morgan fingerprint density at radius 2 is 2.03 bits per heavy atom. The van der Waals surface area contributed by atoms with E-state index in [0.717, 1.165) is 5.56 Å². The van der Waals surface area contributed by atoms with Crippen LogP contribution in [0.2, 0.25) is 0 Å². The van der Waals surface area contributed by atoms with Gasteiger partial charge in [0.1, 0.15) is 5.82 Å². The predicted molar refractivity (Wildman–Crippen MR) is 131 cm³/mol. The van der Waals surface area contributed by atoms with Crippen LogP contribution in [0.3, 0.4) is 0 Å². The van der Waals surface area contributed by atoms with Crippen molar-refractivity contribution in [2.45, 2.75) is 13.0 Å². The van der Waals surface area contributed by atoms with E-state index in [1.54, 1.807) is 30.0 Å². The van der Waals surface area contributed by atoms with E-state index < -0.39 is 12.0 Å². The largest absolute Gasteiger partial charge is 0.463 e. The lowest BCUT2D eigenvalue weighted by atomic mass is 9.96. The zero-order chi connectivity index (χ0) is 24.1. The van der Waals surface area contributed by atoms with Gasteiger partial charge in [0.25, 0.3) is 0 Å². The summed E-state index contributed by atoms with van der Waals surface area (Å²) in [6.07, 6.45) is 1.64. The maximum atomic E-state index is 14.2. The molecular weight excluding hydrogens is 455 g/mol. The van der Waals surface area contributed by atoms with Crippen LogP contribution in [-0.2, 0) is 9.53 Å². The topological polar surface area (TPSA) is 65.1 Å². The normalized spacial score (nSPS) is 19.2. The average molecular weight is 485 g/mol. The number of rotatable bonds is 8. The Bertz CT molecular complexity index is 1060. The highest BCUT2D eigenvalue weighted by Gasteiger charge is 2.38. The first-order valence-corrected chi connectivity index (χ1v) is 12.3. The van der Waals surface area contributed by atoms with Gasteiger partial charge in [-0.05, 0) is 41.4 Å². The van der Waals surface area contributed by atoms with E-state index in [9.17, 15) is 14.0 Å². The molecule has 180 valence electrons. The number of amides is 2. The van der Waals surface area contributed by atoms with Gasteiger partial charge in [-0.3, -0.25) is 9.80 Å². The number of piperazine rings is 1. The van der Waals surface area contributed by atoms with Crippen molar-refractivity contribution < 1.29 is 18.7 Å². The van der Waals surface area contributed by atoms with Crippen molar-refractivity contribution in [3.05, 3.63) is 76.4 Å². The van der Waals surface area contributed by atoms with Gasteiger partial charge in [-0.15, -0.1) is 6.58 Å². The van der Waals surface area contributed by atoms with Crippen molar-refractivity contribution in [2.75, 3.05) is 50.8 Å². The molecule has 4 rings (SSSR count). The smallest absolute Gasteiger partial charge is 0.338 e. The molecule has 1 saturated heterocycles. The van der Waals surface area contributed by atoms with Crippen LogP contribution in [0.4, 0.5) is 14.9 Å². The van der Waals surface area contributed by atoms with Crippen LogP contribution in [0.15, 0.2) is 65.0 Å². The van der Waals surface area contributed by atoms with Crippen LogP contribution < -0.4 is 10.2 Å². The zero-order valence-electron chi connectivity index (χ0n) is 19.2. The number of para-hydroxylation sites is 1. The molecular formula is C25H29FN4O3S. The van der Waals surface area contributed by atoms with Crippen molar-refractivity contribution in [1.29, 1.82) is 0 Å². The number of halogens is 1. The zero-order valence-corrected chi connectivity index (χ0v) is 20.0. The van der Waals surface area contributed by atoms with E-state index in [1.165, 1.54) is 17.4 Å². The molecule has 0 bridgehead atoms. The maximum Gasteiger partial charge on any atom is 0.338 e. The molecule has 3 heterocycles. The minimum atomic E-state index is -0.575. The predicted octanol–water partition coefficient (Wildman–Crippen LogP) is 3.78. The number of carbonyl (C=O) groups excluding carboxylic acids is 2. The molecule has 7 nitrogen and oxygen atoms in total. The summed E-state index contributed by atoms with van der Waals surface area (Å²) in [6, 6.07) is 7.83. The van der Waals surface area contributed by atoms with Gasteiger partial charge in [0, 0.05) is 45.0 Å². The van der Waals surface area contributed by atoms with E-state index in [4.69, 9.17) is 4.74 Å². The summed E-state index contributed by atoms with van der Waals surface area (Å²) < 4.78 is 19.7. The van der Waals surface area contributed by atoms with Gasteiger partial charge in [0.2, 0.25) is 0 Å². The average Bonchev–Trinajstić information content (AvgIpc) is 3.37. The van der Waals surface area contributed by atoms with Crippen molar-refractivity contribution in [3.8, 4) is 0 Å². The highest BCUT2D eigenvalue weighted by Crippen LogP contribution is 2.33. The molecule has 34 heavy (non-hydrogen) atoms. The summed E-state index contributed by atoms with van der Waals surface area (Å²) in [5.41, 5.74) is 2.51. The molecule has 2 aliphatic heterocycles. The van der Waals surface area contributed by atoms with Crippen LogP contribution in [0.5, 0.6) is 0 Å². The van der Waals surface area contributed by atoms with E-state index in [1.807, 2.05) is 27.8 Å². The molecule has 2 amide bonds. The lowest BCUT2D eigenvalue weighted by molar-refractivity contribution is -0.139. The minimum absolute atomic E-state index is 0.233. The summed E-state index contributed by atoms with van der Waals surface area (Å²) in [5, 5.41) is 6.81. The summed E-state index contributed by atoms with van der Waals surface area (Å²) in [4.78, 5) is 32.0. The third kappa shape index (κ3) is 5.00. The lowest BCUT2D eigenvalue weighted by Gasteiger charge is -2.40. The summed E-state index contributed by atoms with van der Waals surface area (Å²) in [7, 11) is 0. The molecule has 1 aromatic heterocycles. The number of anilines is 1. The molecule has 2 aromatic rings. The van der Waals surface area contributed by atoms with Gasteiger partial charge >= 0.3 is 12.0 Å². The Kier molecular flexibility index (Phi) is 7.64. The first kappa shape index (κ1) is 24.0. The van der Waals surface area contributed by atoms with Crippen LogP contribution in [0.25, 0.3) is 0 Å². The molecule has 1 fully saturated rings. The van der Waals surface area contributed by atoms with Crippen LogP contribution >= 0.6 is 11.3 Å². The van der Waals surface area contributed by atoms with E-state index in [-0.39, 0.29) is 25.0 Å². The third-order valence-electron chi connectivity index (χ3n) is 6.06. The lowest BCUT2D eigenvalue weighted by Crippen LogP contribution is -2.53. The fourth-order valence-corrected chi connectivity index (χ4v) is 5.09. The van der Waals surface area contributed by atoms with Gasteiger partial charge in [0.05, 0.1) is 23.9 Å². The van der Waals surface area contributed by atoms with Crippen molar-refractivity contribution >= 4 is 29.0 Å². The first-order valence-electron chi connectivity index (χ1n) is 11.4. The van der Waals surface area contributed by atoms with Crippen molar-refractivity contribution in [2.24, 2.45) is 0 Å². The number of nitrogens with one attached hydrogen (secondary N) is 1. The highest BCUT2D eigenvalue weighted by molar-refractivity contribution is 7.08. The monoisotopic (exact) mass is 484 g/mol. The number of benzene rings is 1. The molecule has 1 unspecified atom stereocenters. The Hall–Kier alpha value is -3.17. The molecule has 0 saturated carbocycles. The van der Waals surface area contributed by atoms with E-state index in [0.29, 0.717) is 49.7 Å². The summed E-state index contributed by atoms with van der Waals surface area (Å²) in [6.45, 7) is 9.09. The molecule has 0 radical (unpaired) electrons. The molecule has 9 heteroatoms. The second-order valence-electron chi connectivity index (χ2n) is 8.13. The van der Waals surface area contributed by atoms with Crippen LogP contribution in [0.1, 0.15) is 18.5 Å². The van der Waals surface area contributed by atoms with E-state index >= 15 is 0 Å². The Balaban J connectivity index is 1.62. The second kappa shape index (κ2) is 10.8. The quantitative estimate of drug-likeness (QED) is 0.456. The number of esters is 1. The summed E-state index contributed by atoms with van der Waals surface area (Å²) in [5.74, 6) is -0.671. The molecule has 2 aliphatic rings. The van der Waals surface area contributed by atoms with E-state index in [2.05, 4.69) is 16.8 Å². The Morgan fingerprint density at radius 1 is 1.26 bits per heavy atom. The first-order chi connectivity index (χ1) is 16.5. The third-order valence-corrected chi connectivity index (χ3v) is 6.76. The SMILES string of the molecule is C=CCN1C(=O)NC(c2ccsc2)C(C(=O)OCC)=C1CN1CCN(c2ccccc2F)CC1. The maximum absolute atomic E-state index is 14.2. The van der Waals surface area contributed by atoms with Gasteiger partial charge < -0.3 is 15.0 Å². The number of nitrogens with zero attached hydrogens (tertiary/aromatic N) is 3. The van der Waals surface area contributed by atoms with Crippen molar-refractivity contribution in [1.82, 2.24) is 15.1 Å². The fraction of sp³-hybridized carbons (Fsp3) is 0.360. The van der Waals surface area contributed by atoms with Gasteiger partial charge in [-0.1, -0.05) is 18.2 Å². The number of thiophene rings is 1. The number of ether oxygens (including phenoxy) is 1. The van der Waals surface area contributed by atoms with Gasteiger partial charge in [0.15, 0.2) is 0 Å². The number of hydrogen-bond donors (Lipinski definition) is 1. The molecule has 1 atom stereocenters. The van der Waals surface area contributed by atoms with Gasteiger partial charge in [-0.2, -0.15) is 11.3 Å². The standard InChI is InChI=1S/C25H29FN4O3S/c1-3-10-30-21(16-28-11-13-29(14-12-28)20-8-6-5-7-19(20)26)22(24(31)33-4-2)23(27-25(30)32)18-9-15-34-17-18/h3,5-9,15,17,23H,1,4,10-14,16H2,2H3,(H,27,32). The molecule has 0 spiro atoms. The molecule has 1 N–H and O–H groups in total. The van der Waals surface area contributed by atoms with Gasteiger partial charge in [-0.25, -0.2) is 14.0 Å². The molecule has 0 aliphatic carbocycles. The fourth-order valence-electron chi connectivity index (χ4n) is 4.40. The number of carbonyl (C=O) groups is 2. The van der Waals surface area contributed by atoms with Crippen LogP contribution in [0, 0.1) is 5.82 Å². The number of hydrogen-bond acceptors (Lipinski definition) is 6. The Morgan fingerprint density at radius 3 is 2.68 bits per heavy atom. The minimum Gasteiger partial charge on any atom is -0.463 e. The second-order valence-corrected chi connectivity index (χ2v) is 8.91. The van der Waals surface area contributed by atoms with Crippen LogP contribution in [-0.4, -0.2) is 67.7 Å². The number of urea groups is 1.